The van der Waals surface area contributed by atoms with Crippen molar-refractivity contribution in [2.24, 2.45) is 0 Å². The Bertz CT molecular complexity index is 894. The molecule has 0 aliphatic carbocycles. The maximum atomic E-state index is 12.4. The third-order valence-electron chi connectivity index (χ3n) is 3.87. The number of carbonyl (C=O) groups excluding carboxylic acids is 1. The van der Waals surface area contributed by atoms with E-state index in [2.05, 4.69) is 22.5 Å². The van der Waals surface area contributed by atoms with E-state index >= 15 is 0 Å². The van der Waals surface area contributed by atoms with Gasteiger partial charge in [0.25, 0.3) is 0 Å². The molecular weight excluding hydrogens is 300 g/mol. The van der Waals surface area contributed by atoms with Gasteiger partial charge in [-0.05, 0) is 42.8 Å². The molecule has 0 spiro atoms. The van der Waals surface area contributed by atoms with Crippen LogP contribution in [0.15, 0.2) is 54.6 Å². The van der Waals surface area contributed by atoms with E-state index in [1.165, 1.54) is 0 Å². The average Bonchev–Trinajstić information content (AvgIpc) is 2.98. The van der Waals surface area contributed by atoms with Crippen molar-refractivity contribution < 1.29 is 9.53 Å². The summed E-state index contributed by atoms with van der Waals surface area (Å²) in [6, 6.07) is 15.2. The molecule has 122 valence electrons. The molecule has 0 unspecified atom stereocenters. The number of para-hydroxylation sites is 2. The Hall–Kier alpha value is -2.88. The van der Waals surface area contributed by atoms with Gasteiger partial charge in [0.2, 0.25) is 0 Å². The van der Waals surface area contributed by atoms with Crippen molar-refractivity contribution in [2.45, 2.75) is 19.9 Å². The van der Waals surface area contributed by atoms with E-state index in [1.807, 2.05) is 30.3 Å². The van der Waals surface area contributed by atoms with E-state index in [4.69, 9.17) is 4.74 Å². The summed E-state index contributed by atoms with van der Waals surface area (Å²) in [6.45, 7) is 3.00. The standard InChI is InChI=1S/C20H20N2O2/c1-3-13-22-18-10-5-4-9-17(18)21-20(22)12-11-19(23)15-7-6-8-16(14-15)24-2/h4-12,14H,3,13H2,1-2H3/b12-11+. The summed E-state index contributed by atoms with van der Waals surface area (Å²) in [5.74, 6) is 1.41. The summed E-state index contributed by atoms with van der Waals surface area (Å²) in [7, 11) is 1.59. The Morgan fingerprint density at radius 3 is 2.83 bits per heavy atom. The van der Waals surface area contributed by atoms with E-state index in [-0.39, 0.29) is 5.78 Å². The van der Waals surface area contributed by atoms with Gasteiger partial charge in [-0.1, -0.05) is 31.2 Å². The van der Waals surface area contributed by atoms with E-state index < -0.39 is 0 Å². The Kier molecular flexibility index (Phi) is 4.75. The van der Waals surface area contributed by atoms with Crippen LogP contribution in [0, 0.1) is 0 Å². The first-order chi connectivity index (χ1) is 11.7. The number of hydrogen-bond acceptors (Lipinski definition) is 3. The number of rotatable bonds is 6. The SMILES string of the molecule is CCCn1c(/C=C/C(=O)c2cccc(OC)c2)nc2ccccc21. The molecule has 24 heavy (non-hydrogen) atoms. The Morgan fingerprint density at radius 2 is 2.04 bits per heavy atom. The molecule has 0 N–H and O–H groups in total. The first-order valence-electron chi connectivity index (χ1n) is 8.04. The van der Waals surface area contributed by atoms with Gasteiger partial charge in [-0.15, -0.1) is 0 Å². The summed E-state index contributed by atoms with van der Waals surface area (Å²) in [5, 5.41) is 0. The highest BCUT2D eigenvalue weighted by molar-refractivity contribution is 6.07. The molecule has 0 fully saturated rings. The number of methoxy groups -OCH3 is 1. The summed E-state index contributed by atoms with van der Waals surface area (Å²) < 4.78 is 7.31. The van der Waals surface area contributed by atoms with Crippen molar-refractivity contribution in [3.05, 3.63) is 66.0 Å². The van der Waals surface area contributed by atoms with Crippen molar-refractivity contribution in [3.8, 4) is 5.75 Å². The molecular formula is C20H20N2O2. The first kappa shape index (κ1) is 16.0. The molecule has 0 radical (unpaired) electrons. The van der Waals surface area contributed by atoms with Crippen molar-refractivity contribution in [3.63, 3.8) is 0 Å². The fraction of sp³-hybridized carbons (Fsp3) is 0.200. The molecule has 0 saturated heterocycles. The third kappa shape index (κ3) is 3.23. The summed E-state index contributed by atoms with van der Waals surface area (Å²) in [4.78, 5) is 17.0. The minimum absolute atomic E-state index is 0.0657. The number of allylic oxidation sites excluding steroid dienone is 1. The average molecular weight is 320 g/mol. The van der Waals surface area contributed by atoms with Gasteiger partial charge < -0.3 is 9.30 Å². The van der Waals surface area contributed by atoms with Crippen LogP contribution in [0.2, 0.25) is 0 Å². The molecule has 3 rings (SSSR count). The maximum absolute atomic E-state index is 12.4. The minimum atomic E-state index is -0.0657. The van der Waals surface area contributed by atoms with Crippen molar-refractivity contribution in [1.82, 2.24) is 9.55 Å². The molecule has 0 bridgehead atoms. The van der Waals surface area contributed by atoms with Gasteiger partial charge in [-0.3, -0.25) is 4.79 Å². The molecule has 0 atom stereocenters. The highest BCUT2D eigenvalue weighted by Gasteiger charge is 2.08. The van der Waals surface area contributed by atoms with Gasteiger partial charge in [0.1, 0.15) is 11.6 Å². The quantitative estimate of drug-likeness (QED) is 0.501. The zero-order valence-electron chi connectivity index (χ0n) is 13.9. The number of benzene rings is 2. The highest BCUT2D eigenvalue weighted by Crippen LogP contribution is 2.18. The number of nitrogens with zero attached hydrogens (tertiary/aromatic N) is 2. The minimum Gasteiger partial charge on any atom is -0.497 e. The number of imidazole rings is 1. The monoisotopic (exact) mass is 320 g/mol. The normalized spacial score (nSPS) is 11.2. The lowest BCUT2D eigenvalue weighted by Crippen LogP contribution is -2.00. The summed E-state index contributed by atoms with van der Waals surface area (Å²) in [5.41, 5.74) is 2.64. The number of aromatic nitrogens is 2. The van der Waals surface area contributed by atoms with Crippen LogP contribution in [0.25, 0.3) is 17.1 Å². The molecule has 4 heteroatoms. The van der Waals surface area contributed by atoms with Crippen molar-refractivity contribution in [2.75, 3.05) is 7.11 Å². The topological polar surface area (TPSA) is 44.1 Å². The lowest BCUT2D eigenvalue weighted by atomic mass is 10.1. The van der Waals surface area contributed by atoms with E-state index in [0.717, 1.165) is 29.8 Å². The lowest BCUT2D eigenvalue weighted by Gasteiger charge is -2.04. The van der Waals surface area contributed by atoms with Crippen LogP contribution in [-0.2, 0) is 6.54 Å². The predicted octanol–water partition coefficient (Wildman–Crippen LogP) is 4.35. The third-order valence-corrected chi connectivity index (χ3v) is 3.87. The van der Waals surface area contributed by atoms with Crippen LogP contribution in [0.5, 0.6) is 5.75 Å². The number of ketones is 1. The number of aryl methyl sites for hydroxylation is 1. The second-order valence-electron chi connectivity index (χ2n) is 5.54. The van der Waals surface area contributed by atoms with Crippen LogP contribution < -0.4 is 4.74 Å². The number of hydrogen-bond donors (Lipinski definition) is 0. The lowest BCUT2D eigenvalue weighted by molar-refractivity contribution is 0.104. The number of fused-ring (bicyclic) bond motifs is 1. The first-order valence-corrected chi connectivity index (χ1v) is 8.04. The van der Waals surface area contributed by atoms with E-state index in [0.29, 0.717) is 11.3 Å². The zero-order chi connectivity index (χ0) is 16.9. The van der Waals surface area contributed by atoms with Crippen LogP contribution >= 0.6 is 0 Å². The molecule has 4 nitrogen and oxygen atoms in total. The van der Waals surface area contributed by atoms with Gasteiger partial charge in [0.05, 0.1) is 18.1 Å². The van der Waals surface area contributed by atoms with Gasteiger partial charge >= 0.3 is 0 Å². The highest BCUT2D eigenvalue weighted by atomic mass is 16.5. The van der Waals surface area contributed by atoms with Gasteiger partial charge in [-0.25, -0.2) is 4.98 Å². The predicted molar refractivity (Wildman–Crippen MR) is 96.4 cm³/mol. The Morgan fingerprint density at radius 1 is 1.21 bits per heavy atom. The molecule has 3 aromatic rings. The molecule has 0 saturated carbocycles. The van der Waals surface area contributed by atoms with E-state index in [9.17, 15) is 4.79 Å². The van der Waals surface area contributed by atoms with Crippen LogP contribution in [0.1, 0.15) is 29.5 Å². The fourth-order valence-corrected chi connectivity index (χ4v) is 2.70. The molecule has 0 aliphatic rings. The summed E-state index contributed by atoms with van der Waals surface area (Å²) in [6.07, 6.45) is 4.37. The van der Waals surface area contributed by atoms with E-state index in [1.54, 1.807) is 31.4 Å². The van der Waals surface area contributed by atoms with Gasteiger partial charge in [0.15, 0.2) is 5.78 Å². The fourth-order valence-electron chi connectivity index (χ4n) is 2.70. The Balaban J connectivity index is 1.92. The smallest absolute Gasteiger partial charge is 0.186 e. The molecule has 0 aliphatic heterocycles. The van der Waals surface area contributed by atoms with Gasteiger partial charge in [-0.2, -0.15) is 0 Å². The number of ether oxygens (including phenoxy) is 1. The van der Waals surface area contributed by atoms with Crippen LogP contribution in [0.4, 0.5) is 0 Å². The molecule has 0 amide bonds. The number of carbonyl (C=O) groups is 1. The molecule has 1 heterocycles. The second kappa shape index (κ2) is 7.13. The zero-order valence-corrected chi connectivity index (χ0v) is 13.9. The van der Waals surface area contributed by atoms with Gasteiger partial charge in [0, 0.05) is 12.1 Å². The molecule has 1 aromatic heterocycles. The second-order valence-corrected chi connectivity index (χ2v) is 5.54. The van der Waals surface area contributed by atoms with Crippen LogP contribution in [-0.4, -0.2) is 22.4 Å². The Labute approximate surface area is 141 Å². The maximum Gasteiger partial charge on any atom is 0.186 e. The van der Waals surface area contributed by atoms with Crippen molar-refractivity contribution >= 4 is 22.9 Å². The van der Waals surface area contributed by atoms with Crippen molar-refractivity contribution in [1.29, 1.82) is 0 Å². The molecule has 2 aromatic carbocycles. The largest absolute Gasteiger partial charge is 0.497 e. The van der Waals surface area contributed by atoms with Crippen LogP contribution in [0.3, 0.4) is 0 Å². The summed E-state index contributed by atoms with van der Waals surface area (Å²) >= 11 is 0.